The third-order valence-electron chi connectivity index (χ3n) is 3.97. The van der Waals surface area contributed by atoms with Crippen LogP contribution >= 0.6 is 11.6 Å². The molecule has 1 fully saturated rings. The van der Waals surface area contributed by atoms with Crippen molar-refractivity contribution in [2.24, 2.45) is 0 Å². The molecule has 1 N–H and O–H groups in total. The number of nitrogens with one attached hydrogen (secondary N) is 1. The van der Waals surface area contributed by atoms with Crippen molar-refractivity contribution in [3.05, 3.63) is 40.7 Å². The van der Waals surface area contributed by atoms with Crippen LogP contribution in [0.25, 0.3) is 0 Å². The van der Waals surface area contributed by atoms with Crippen LogP contribution in [0.15, 0.2) is 18.5 Å². The summed E-state index contributed by atoms with van der Waals surface area (Å²) in [5, 5.41) is 8.03. The summed E-state index contributed by atoms with van der Waals surface area (Å²) < 4.78 is 5.10. The van der Waals surface area contributed by atoms with E-state index in [9.17, 15) is 0 Å². The van der Waals surface area contributed by atoms with Crippen LogP contribution < -0.4 is 0 Å². The van der Waals surface area contributed by atoms with Crippen molar-refractivity contribution >= 4 is 11.6 Å². The SMILES string of the molecule is COCc1nc(C2CCCCN2Cc2ccncc2Cl)n[nH]1. The van der Waals surface area contributed by atoms with Crippen molar-refractivity contribution in [3.63, 3.8) is 0 Å². The lowest BCUT2D eigenvalue weighted by molar-refractivity contribution is 0.133. The molecule has 0 aromatic carbocycles. The number of hydrogen-bond donors (Lipinski definition) is 1. The molecule has 1 aliphatic rings. The quantitative estimate of drug-likeness (QED) is 0.917. The van der Waals surface area contributed by atoms with Crippen LogP contribution in [0.4, 0.5) is 0 Å². The van der Waals surface area contributed by atoms with Crippen molar-refractivity contribution in [1.29, 1.82) is 0 Å². The second-order valence-corrected chi connectivity index (χ2v) is 5.93. The Hall–Kier alpha value is -1.50. The lowest BCUT2D eigenvalue weighted by atomic mass is 10.0. The summed E-state index contributed by atoms with van der Waals surface area (Å²) in [5.41, 5.74) is 1.09. The first-order valence-electron chi connectivity index (χ1n) is 7.50. The first-order chi connectivity index (χ1) is 10.8. The molecule has 2 aromatic heterocycles. The van der Waals surface area contributed by atoms with Crippen molar-refractivity contribution in [1.82, 2.24) is 25.1 Å². The molecule has 1 saturated heterocycles. The molecule has 0 spiro atoms. The molecule has 0 saturated carbocycles. The zero-order chi connectivity index (χ0) is 15.4. The minimum atomic E-state index is 0.222. The van der Waals surface area contributed by atoms with Gasteiger partial charge in [0, 0.05) is 26.0 Å². The van der Waals surface area contributed by atoms with Gasteiger partial charge in [-0.15, -0.1) is 0 Å². The number of halogens is 1. The van der Waals surface area contributed by atoms with E-state index in [0.29, 0.717) is 11.6 Å². The van der Waals surface area contributed by atoms with Gasteiger partial charge in [0.25, 0.3) is 0 Å². The van der Waals surface area contributed by atoms with Crippen LogP contribution in [0.5, 0.6) is 0 Å². The number of likely N-dealkylation sites (tertiary alicyclic amines) is 1. The maximum absolute atomic E-state index is 6.24. The maximum Gasteiger partial charge on any atom is 0.167 e. The highest BCUT2D eigenvalue weighted by Crippen LogP contribution is 2.31. The zero-order valence-electron chi connectivity index (χ0n) is 12.6. The number of methoxy groups -OCH3 is 1. The molecule has 6 nitrogen and oxygen atoms in total. The molecule has 0 aliphatic carbocycles. The number of hydrogen-bond acceptors (Lipinski definition) is 5. The van der Waals surface area contributed by atoms with Gasteiger partial charge in [-0.3, -0.25) is 15.0 Å². The molecule has 7 heteroatoms. The van der Waals surface area contributed by atoms with Gasteiger partial charge in [-0.1, -0.05) is 18.0 Å². The molecular weight excluding hydrogens is 302 g/mol. The van der Waals surface area contributed by atoms with Gasteiger partial charge in [0.2, 0.25) is 0 Å². The van der Waals surface area contributed by atoms with E-state index < -0.39 is 0 Å². The fraction of sp³-hybridized carbons (Fsp3) is 0.533. The molecule has 3 rings (SSSR count). The second-order valence-electron chi connectivity index (χ2n) is 5.52. The van der Waals surface area contributed by atoms with Crippen molar-refractivity contribution in [2.45, 2.75) is 38.5 Å². The summed E-state index contributed by atoms with van der Waals surface area (Å²) in [7, 11) is 1.65. The smallest absolute Gasteiger partial charge is 0.167 e. The number of aromatic amines is 1. The second kappa shape index (κ2) is 7.17. The number of rotatable bonds is 5. The van der Waals surface area contributed by atoms with Gasteiger partial charge in [-0.05, 0) is 31.0 Å². The van der Waals surface area contributed by atoms with Gasteiger partial charge in [0.05, 0.1) is 11.1 Å². The van der Waals surface area contributed by atoms with Crippen LogP contribution in [-0.4, -0.2) is 38.7 Å². The van der Waals surface area contributed by atoms with Crippen LogP contribution in [0.2, 0.25) is 5.02 Å². The number of H-pyrrole nitrogens is 1. The Morgan fingerprint density at radius 3 is 3.18 bits per heavy atom. The molecule has 118 valence electrons. The Balaban J connectivity index is 1.77. The number of aromatic nitrogens is 4. The Morgan fingerprint density at radius 2 is 2.36 bits per heavy atom. The Kier molecular flexibility index (Phi) is 5.02. The molecule has 1 aliphatic heterocycles. The van der Waals surface area contributed by atoms with Gasteiger partial charge in [-0.2, -0.15) is 5.10 Å². The monoisotopic (exact) mass is 321 g/mol. The van der Waals surface area contributed by atoms with Gasteiger partial charge in [0.1, 0.15) is 6.61 Å². The lowest BCUT2D eigenvalue weighted by Gasteiger charge is -2.34. The van der Waals surface area contributed by atoms with Crippen LogP contribution in [0.3, 0.4) is 0 Å². The Bertz CT molecular complexity index is 617. The summed E-state index contributed by atoms with van der Waals surface area (Å²) in [5.74, 6) is 1.61. The normalized spacial score (nSPS) is 19.5. The minimum absolute atomic E-state index is 0.222. The number of pyridine rings is 1. The topological polar surface area (TPSA) is 66.9 Å². The zero-order valence-corrected chi connectivity index (χ0v) is 13.4. The molecule has 0 bridgehead atoms. The van der Waals surface area contributed by atoms with Crippen molar-refractivity contribution in [2.75, 3.05) is 13.7 Å². The first-order valence-corrected chi connectivity index (χ1v) is 7.88. The van der Waals surface area contributed by atoms with Gasteiger partial charge in [-0.25, -0.2) is 4.98 Å². The molecule has 2 aromatic rings. The third kappa shape index (κ3) is 3.45. The largest absolute Gasteiger partial charge is 0.377 e. The summed E-state index contributed by atoms with van der Waals surface area (Å²) in [6.45, 7) is 2.27. The van der Waals surface area contributed by atoms with E-state index in [4.69, 9.17) is 16.3 Å². The summed E-state index contributed by atoms with van der Waals surface area (Å²) in [4.78, 5) is 11.0. The molecular formula is C15H20ClN5O. The Labute approximate surface area is 134 Å². The highest BCUT2D eigenvalue weighted by molar-refractivity contribution is 6.31. The molecule has 0 radical (unpaired) electrons. The van der Waals surface area contributed by atoms with E-state index in [-0.39, 0.29) is 6.04 Å². The maximum atomic E-state index is 6.24. The van der Waals surface area contributed by atoms with E-state index in [0.717, 1.165) is 36.7 Å². The van der Waals surface area contributed by atoms with Gasteiger partial charge >= 0.3 is 0 Å². The van der Waals surface area contributed by atoms with Crippen molar-refractivity contribution < 1.29 is 4.74 Å². The molecule has 0 amide bonds. The highest BCUT2D eigenvalue weighted by atomic mass is 35.5. The molecule has 1 atom stereocenters. The first kappa shape index (κ1) is 15.4. The summed E-state index contributed by atoms with van der Waals surface area (Å²) in [6, 6.07) is 2.20. The van der Waals surface area contributed by atoms with Crippen LogP contribution in [0, 0.1) is 0 Å². The van der Waals surface area contributed by atoms with Crippen LogP contribution in [0.1, 0.15) is 42.5 Å². The molecule has 1 unspecified atom stereocenters. The number of piperidine rings is 1. The molecule has 22 heavy (non-hydrogen) atoms. The standard InChI is InChI=1S/C15H20ClN5O/c1-22-10-14-18-15(20-19-14)13-4-2-3-7-21(13)9-11-5-6-17-8-12(11)16/h5-6,8,13H,2-4,7,9-10H2,1H3,(H,18,19,20). The van der Waals surface area contributed by atoms with E-state index in [2.05, 4.69) is 25.1 Å². The summed E-state index contributed by atoms with van der Waals surface area (Å²) in [6.07, 6.45) is 6.92. The summed E-state index contributed by atoms with van der Waals surface area (Å²) >= 11 is 6.24. The fourth-order valence-corrected chi connectivity index (χ4v) is 3.06. The Morgan fingerprint density at radius 1 is 1.45 bits per heavy atom. The number of nitrogens with zero attached hydrogens (tertiary/aromatic N) is 4. The number of ether oxygens (including phenoxy) is 1. The molecule has 3 heterocycles. The fourth-order valence-electron chi connectivity index (χ4n) is 2.88. The van der Waals surface area contributed by atoms with E-state index in [1.807, 2.05) is 6.07 Å². The third-order valence-corrected chi connectivity index (χ3v) is 4.31. The van der Waals surface area contributed by atoms with Gasteiger partial charge < -0.3 is 4.74 Å². The average molecular weight is 322 g/mol. The van der Waals surface area contributed by atoms with Crippen molar-refractivity contribution in [3.8, 4) is 0 Å². The van der Waals surface area contributed by atoms with E-state index >= 15 is 0 Å². The lowest BCUT2D eigenvalue weighted by Crippen LogP contribution is -2.33. The average Bonchev–Trinajstić information content (AvgIpc) is 2.99. The van der Waals surface area contributed by atoms with Crippen LogP contribution in [-0.2, 0) is 17.9 Å². The highest BCUT2D eigenvalue weighted by Gasteiger charge is 2.27. The predicted molar refractivity (Wildman–Crippen MR) is 83.3 cm³/mol. The predicted octanol–water partition coefficient (Wildman–Crippen LogP) is 2.73. The van der Waals surface area contributed by atoms with Gasteiger partial charge in [0.15, 0.2) is 11.6 Å². The van der Waals surface area contributed by atoms with E-state index in [1.54, 1.807) is 19.5 Å². The minimum Gasteiger partial charge on any atom is -0.377 e. The van der Waals surface area contributed by atoms with E-state index in [1.165, 1.54) is 12.8 Å².